The lowest BCUT2D eigenvalue weighted by Gasteiger charge is -2.18. The highest BCUT2D eigenvalue weighted by atomic mass is 16.6. The molecule has 0 radical (unpaired) electrons. The summed E-state index contributed by atoms with van der Waals surface area (Å²) in [4.78, 5) is 38.2. The molecule has 0 amide bonds. The number of hydrogen-bond donors (Lipinski definition) is 0. The first-order valence-corrected chi connectivity index (χ1v) is 30.5. The Kier molecular flexibility index (Phi) is 57.9. The van der Waals surface area contributed by atoms with E-state index in [1.807, 2.05) is 12.2 Å². The minimum Gasteiger partial charge on any atom is -0.462 e. The third-order valence-electron chi connectivity index (χ3n) is 12.7. The predicted molar refractivity (Wildman–Crippen MR) is 320 cm³/mol. The van der Waals surface area contributed by atoms with Crippen LogP contribution in [0, 0.1) is 0 Å². The van der Waals surface area contributed by atoms with Crippen LogP contribution >= 0.6 is 0 Å². The van der Waals surface area contributed by atoms with E-state index in [0.29, 0.717) is 19.3 Å². The standard InChI is InChI=1S/C68H112O6/c1-4-7-10-13-16-19-22-25-28-31-33-35-37-40-43-46-49-52-55-58-61-67(70)73-64-65(63-72-66(69)60-57-54-51-48-45-42-39-36-30-27-24-21-18-15-12-9-6-3)74-68(71)62-59-56-53-50-47-44-41-38-34-32-29-26-23-20-17-14-11-8-5-2/h8-9,11-12,17-18,20-21,26-27,29-30,34,38-39,42,44,47,53,56,65H,4-7,10,13-16,19,22-25,28,31-33,35-37,40-41,43,45-46,48-52,54-55,57-64H2,1-3H3/b11-8-,12-9-,20-17-,21-18-,29-26-,30-27-,38-34-,42-39-,47-44-,56-53-. The summed E-state index contributed by atoms with van der Waals surface area (Å²) < 4.78 is 16.8. The highest BCUT2D eigenvalue weighted by molar-refractivity contribution is 5.71. The molecule has 0 spiro atoms. The number of hydrogen-bond acceptors (Lipinski definition) is 6. The minimum absolute atomic E-state index is 0.117. The van der Waals surface area contributed by atoms with Gasteiger partial charge in [0.25, 0.3) is 0 Å². The van der Waals surface area contributed by atoms with Gasteiger partial charge < -0.3 is 14.2 Å². The molecule has 0 fully saturated rings. The van der Waals surface area contributed by atoms with E-state index in [-0.39, 0.29) is 31.6 Å². The lowest BCUT2D eigenvalue weighted by molar-refractivity contribution is -0.166. The van der Waals surface area contributed by atoms with Crippen molar-refractivity contribution in [3.63, 3.8) is 0 Å². The Morgan fingerprint density at radius 3 is 0.878 bits per heavy atom. The second-order valence-corrected chi connectivity index (χ2v) is 19.9. The molecule has 0 aromatic heterocycles. The van der Waals surface area contributed by atoms with E-state index < -0.39 is 12.1 Å². The third-order valence-corrected chi connectivity index (χ3v) is 12.7. The predicted octanol–water partition coefficient (Wildman–Crippen LogP) is 20.8. The molecule has 0 bridgehead atoms. The smallest absolute Gasteiger partial charge is 0.306 e. The van der Waals surface area contributed by atoms with Gasteiger partial charge in [-0.15, -0.1) is 0 Å². The van der Waals surface area contributed by atoms with Crippen LogP contribution in [0.4, 0.5) is 0 Å². The summed E-state index contributed by atoms with van der Waals surface area (Å²) >= 11 is 0. The Balaban J connectivity index is 4.52. The van der Waals surface area contributed by atoms with Crippen LogP contribution in [-0.4, -0.2) is 37.2 Å². The van der Waals surface area contributed by atoms with Crippen molar-refractivity contribution in [2.75, 3.05) is 13.2 Å². The largest absolute Gasteiger partial charge is 0.462 e. The first-order valence-electron chi connectivity index (χ1n) is 30.5. The van der Waals surface area contributed by atoms with Gasteiger partial charge in [0.2, 0.25) is 0 Å². The van der Waals surface area contributed by atoms with Gasteiger partial charge in [-0.05, 0) is 96.3 Å². The highest BCUT2D eigenvalue weighted by Crippen LogP contribution is 2.16. The van der Waals surface area contributed by atoms with Crippen LogP contribution in [0.5, 0.6) is 0 Å². The van der Waals surface area contributed by atoms with Crippen molar-refractivity contribution in [1.29, 1.82) is 0 Å². The van der Waals surface area contributed by atoms with E-state index in [0.717, 1.165) is 116 Å². The van der Waals surface area contributed by atoms with Crippen molar-refractivity contribution >= 4 is 17.9 Å². The molecular weight excluding hydrogens is 913 g/mol. The van der Waals surface area contributed by atoms with Crippen LogP contribution in [-0.2, 0) is 28.6 Å². The van der Waals surface area contributed by atoms with Gasteiger partial charge in [-0.2, -0.15) is 0 Å². The van der Waals surface area contributed by atoms with Crippen LogP contribution in [0.15, 0.2) is 122 Å². The first kappa shape index (κ1) is 69.8. The number of rotatable bonds is 54. The summed E-state index contributed by atoms with van der Waals surface area (Å²) in [6, 6.07) is 0. The Labute approximate surface area is 456 Å². The molecule has 0 aliphatic carbocycles. The number of esters is 3. The molecule has 0 N–H and O–H groups in total. The maximum Gasteiger partial charge on any atom is 0.306 e. The van der Waals surface area contributed by atoms with Gasteiger partial charge in [-0.25, -0.2) is 0 Å². The number of carbonyl (C=O) groups excluding carboxylic acids is 3. The van der Waals surface area contributed by atoms with Crippen molar-refractivity contribution in [1.82, 2.24) is 0 Å². The van der Waals surface area contributed by atoms with E-state index in [4.69, 9.17) is 14.2 Å². The van der Waals surface area contributed by atoms with E-state index in [1.54, 1.807) is 0 Å². The number of carbonyl (C=O) groups is 3. The molecule has 0 aliphatic heterocycles. The molecule has 6 heteroatoms. The van der Waals surface area contributed by atoms with Crippen molar-refractivity contribution in [3.8, 4) is 0 Å². The Hall–Kier alpha value is -4.19. The molecular formula is C68H112O6. The fourth-order valence-corrected chi connectivity index (χ4v) is 8.23. The second kappa shape index (κ2) is 61.4. The van der Waals surface area contributed by atoms with E-state index in [9.17, 15) is 14.4 Å². The monoisotopic (exact) mass is 1020 g/mol. The van der Waals surface area contributed by atoms with Gasteiger partial charge in [-0.1, -0.05) is 277 Å². The minimum atomic E-state index is -0.832. The van der Waals surface area contributed by atoms with Crippen LogP contribution in [0.1, 0.15) is 271 Å². The number of unbranched alkanes of at least 4 members (excludes halogenated alkanes) is 23. The van der Waals surface area contributed by atoms with E-state index in [1.165, 1.54) is 109 Å². The second-order valence-electron chi connectivity index (χ2n) is 19.9. The topological polar surface area (TPSA) is 78.9 Å². The molecule has 74 heavy (non-hydrogen) atoms. The summed E-state index contributed by atoms with van der Waals surface area (Å²) in [5.41, 5.74) is 0. The number of ether oxygens (including phenoxy) is 3. The fourth-order valence-electron chi connectivity index (χ4n) is 8.23. The fraction of sp³-hybridized carbons (Fsp3) is 0.662. The molecule has 0 aromatic rings. The molecule has 6 nitrogen and oxygen atoms in total. The Morgan fingerprint density at radius 2 is 0.554 bits per heavy atom. The van der Waals surface area contributed by atoms with Gasteiger partial charge in [0.15, 0.2) is 6.10 Å². The molecule has 0 aromatic carbocycles. The summed E-state index contributed by atoms with van der Waals surface area (Å²) in [6.07, 6.45) is 85.0. The summed E-state index contributed by atoms with van der Waals surface area (Å²) in [7, 11) is 0. The van der Waals surface area contributed by atoms with Gasteiger partial charge in [0, 0.05) is 19.3 Å². The molecule has 0 aliphatic rings. The van der Waals surface area contributed by atoms with Crippen LogP contribution in [0.25, 0.3) is 0 Å². The van der Waals surface area contributed by atoms with Crippen LogP contribution in [0.3, 0.4) is 0 Å². The maximum atomic E-state index is 12.9. The van der Waals surface area contributed by atoms with Gasteiger partial charge >= 0.3 is 17.9 Å². The molecule has 1 atom stereocenters. The zero-order valence-electron chi connectivity index (χ0n) is 48.1. The average Bonchev–Trinajstić information content (AvgIpc) is 3.40. The van der Waals surface area contributed by atoms with Crippen LogP contribution < -0.4 is 0 Å². The first-order chi connectivity index (χ1) is 36.5. The molecule has 0 saturated heterocycles. The van der Waals surface area contributed by atoms with Crippen molar-refractivity contribution < 1.29 is 28.6 Å². The van der Waals surface area contributed by atoms with Crippen LogP contribution in [0.2, 0.25) is 0 Å². The zero-order valence-corrected chi connectivity index (χ0v) is 48.1. The number of allylic oxidation sites excluding steroid dienone is 20. The Bertz CT molecular complexity index is 1550. The summed E-state index contributed by atoms with van der Waals surface area (Å²) in [6.45, 7) is 6.35. The maximum absolute atomic E-state index is 12.9. The SMILES string of the molecule is CC/C=C\C/C=C\C/C=C\C/C=C\C/C=C\C/C=C\CCC(=O)OC(COC(=O)CCCCCC/C=C\C/C=C\C/C=C\C/C=C\CC)COC(=O)CCCCCCCCCCCCCCCCCCCCCC. The van der Waals surface area contributed by atoms with Gasteiger partial charge in [0.05, 0.1) is 0 Å². The van der Waals surface area contributed by atoms with Gasteiger partial charge in [0.1, 0.15) is 13.2 Å². The summed E-state index contributed by atoms with van der Waals surface area (Å²) in [5.74, 6) is -1.02. The third kappa shape index (κ3) is 58.7. The van der Waals surface area contributed by atoms with Crippen molar-refractivity contribution in [2.24, 2.45) is 0 Å². The molecule has 420 valence electrons. The molecule has 0 rings (SSSR count). The Morgan fingerprint density at radius 1 is 0.284 bits per heavy atom. The lowest BCUT2D eigenvalue weighted by atomic mass is 10.0. The lowest BCUT2D eigenvalue weighted by Crippen LogP contribution is -2.30. The summed E-state index contributed by atoms with van der Waals surface area (Å²) in [5, 5.41) is 0. The zero-order chi connectivity index (χ0) is 53.6. The average molecular weight is 1030 g/mol. The highest BCUT2D eigenvalue weighted by Gasteiger charge is 2.19. The quantitative estimate of drug-likeness (QED) is 0.0261. The van der Waals surface area contributed by atoms with Gasteiger partial charge in [-0.3, -0.25) is 14.4 Å². The van der Waals surface area contributed by atoms with E-state index >= 15 is 0 Å². The van der Waals surface area contributed by atoms with E-state index in [2.05, 4.69) is 130 Å². The molecule has 0 saturated carbocycles. The molecule has 0 heterocycles. The van der Waals surface area contributed by atoms with Crippen molar-refractivity contribution in [2.45, 2.75) is 277 Å². The van der Waals surface area contributed by atoms with Crippen molar-refractivity contribution in [3.05, 3.63) is 122 Å². The normalized spacial score (nSPS) is 13.0. The molecule has 1 unspecified atom stereocenters.